The summed E-state index contributed by atoms with van der Waals surface area (Å²) in [7, 11) is 0. The van der Waals surface area contributed by atoms with Crippen molar-refractivity contribution in [3.8, 4) is 0 Å². The molecule has 2 aliphatic heterocycles. The summed E-state index contributed by atoms with van der Waals surface area (Å²) in [5, 5.41) is 2.19. The number of ether oxygens (including phenoxy) is 1. The van der Waals surface area contributed by atoms with Gasteiger partial charge in [0.2, 0.25) is 11.8 Å². The number of rotatable bonds is 8. The molecule has 29 heavy (non-hydrogen) atoms. The lowest BCUT2D eigenvalue weighted by Crippen LogP contribution is -2.54. The Morgan fingerprint density at radius 1 is 1.10 bits per heavy atom. The van der Waals surface area contributed by atoms with Gasteiger partial charge in [0.1, 0.15) is 6.04 Å². The van der Waals surface area contributed by atoms with Crippen LogP contribution in [0.4, 0.5) is 4.79 Å². The first-order valence-electron chi connectivity index (χ1n) is 9.66. The third-order valence-electron chi connectivity index (χ3n) is 5.14. The number of nitrogens with zero attached hydrogens (tertiary/aromatic N) is 1. The predicted molar refractivity (Wildman–Crippen MR) is 101 cm³/mol. The van der Waals surface area contributed by atoms with Gasteiger partial charge in [0.15, 0.2) is 0 Å². The zero-order valence-electron chi connectivity index (χ0n) is 15.9. The molecule has 1 aromatic rings. The minimum atomic E-state index is -0.960. The van der Waals surface area contributed by atoms with Gasteiger partial charge >= 0.3 is 6.09 Å². The number of hydrogen-bond donors (Lipinski definition) is 2. The van der Waals surface area contributed by atoms with Crippen molar-refractivity contribution in [1.82, 2.24) is 10.2 Å². The molecule has 3 N–H and O–H groups in total. The molecule has 9 nitrogen and oxygen atoms in total. The molecule has 0 radical (unpaired) electrons. The highest BCUT2D eigenvalue weighted by Crippen LogP contribution is 2.30. The van der Waals surface area contributed by atoms with Crippen LogP contribution in [0.25, 0.3) is 0 Å². The number of piperidine rings is 1. The Morgan fingerprint density at radius 3 is 2.59 bits per heavy atom. The van der Waals surface area contributed by atoms with E-state index in [-0.39, 0.29) is 19.4 Å². The summed E-state index contributed by atoms with van der Waals surface area (Å²) in [5.74, 6) is -1.99. The maximum absolute atomic E-state index is 13.0. The lowest BCUT2D eigenvalue weighted by atomic mass is 9.98. The van der Waals surface area contributed by atoms with Crippen molar-refractivity contribution < 1.29 is 28.7 Å². The highest BCUT2D eigenvalue weighted by Gasteiger charge is 2.45. The molecule has 5 amide bonds. The fourth-order valence-electron chi connectivity index (χ4n) is 3.74. The largest absolute Gasteiger partial charge is 0.450 e. The maximum Gasteiger partial charge on any atom is 0.404 e. The number of primary amides is 1. The summed E-state index contributed by atoms with van der Waals surface area (Å²) >= 11 is 0. The predicted octanol–water partition coefficient (Wildman–Crippen LogP) is 1.29. The van der Waals surface area contributed by atoms with Crippen LogP contribution >= 0.6 is 0 Å². The molecule has 1 saturated heterocycles. The number of aryl methyl sites for hydroxylation is 1. The molecule has 1 aromatic carbocycles. The van der Waals surface area contributed by atoms with Crippen LogP contribution in [0.2, 0.25) is 0 Å². The molecule has 154 valence electrons. The molecule has 2 aliphatic rings. The highest BCUT2D eigenvalue weighted by atomic mass is 16.5. The number of carbonyl (C=O) groups is 5. The Morgan fingerprint density at radius 2 is 1.86 bits per heavy atom. The topological polar surface area (TPSA) is 136 Å². The van der Waals surface area contributed by atoms with Gasteiger partial charge in [0.25, 0.3) is 11.8 Å². The fraction of sp³-hybridized carbons (Fsp3) is 0.450. The number of amides is 5. The quantitative estimate of drug-likeness (QED) is 0.497. The molecule has 0 aliphatic carbocycles. The van der Waals surface area contributed by atoms with E-state index in [9.17, 15) is 24.0 Å². The van der Waals surface area contributed by atoms with E-state index in [1.54, 1.807) is 12.1 Å². The Kier molecular flexibility index (Phi) is 6.26. The van der Waals surface area contributed by atoms with Gasteiger partial charge in [0, 0.05) is 6.42 Å². The lowest BCUT2D eigenvalue weighted by Gasteiger charge is -2.27. The Balaban J connectivity index is 1.63. The van der Waals surface area contributed by atoms with Crippen molar-refractivity contribution in [2.75, 3.05) is 6.61 Å². The van der Waals surface area contributed by atoms with Gasteiger partial charge in [0.05, 0.1) is 17.7 Å². The minimum absolute atomic E-state index is 0.0934. The molecule has 1 unspecified atom stereocenters. The molecule has 9 heteroatoms. The zero-order valence-corrected chi connectivity index (χ0v) is 15.9. The van der Waals surface area contributed by atoms with Crippen molar-refractivity contribution >= 4 is 29.7 Å². The van der Waals surface area contributed by atoms with E-state index in [1.165, 1.54) is 0 Å². The van der Waals surface area contributed by atoms with Crippen LogP contribution in [0.1, 0.15) is 64.8 Å². The van der Waals surface area contributed by atoms with Gasteiger partial charge in [-0.25, -0.2) is 4.79 Å². The van der Waals surface area contributed by atoms with E-state index in [2.05, 4.69) is 10.1 Å². The third kappa shape index (κ3) is 4.44. The average Bonchev–Trinajstić information content (AvgIpc) is 2.92. The second-order valence-corrected chi connectivity index (χ2v) is 7.12. The molecule has 0 bridgehead atoms. The number of unbranched alkanes of at least 4 members (excludes halogenated alkanes) is 3. The van der Waals surface area contributed by atoms with Crippen LogP contribution in [0.3, 0.4) is 0 Å². The summed E-state index contributed by atoms with van der Waals surface area (Å²) in [6, 6.07) is 4.17. The molecule has 1 atom stereocenters. The number of carbonyl (C=O) groups excluding carboxylic acids is 5. The number of benzene rings is 1. The van der Waals surface area contributed by atoms with Crippen molar-refractivity contribution in [3.05, 3.63) is 34.9 Å². The van der Waals surface area contributed by atoms with Crippen LogP contribution < -0.4 is 11.1 Å². The van der Waals surface area contributed by atoms with Crippen LogP contribution in [-0.4, -0.2) is 47.3 Å². The van der Waals surface area contributed by atoms with Gasteiger partial charge < -0.3 is 10.5 Å². The Hall–Kier alpha value is -3.23. The van der Waals surface area contributed by atoms with E-state index in [0.717, 1.165) is 29.7 Å². The van der Waals surface area contributed by atoms with E-state index >= 15 is 0 Å². The van der Waals surface area contributed by atoms with E-state index < -0.39 is 35.8 Å². The number of nitrogens with two attached hydrogens (primary N) is 1. The summed E-state index contributed by atoms with van der Waals surface area (Å²) < 4.78 is 4.68. The number of fused-ring (bicyclic) bond motifs is 1. The number of imide groups is 2. The molecule has 2 heterocycles. The Labute approximate surface area is 167 Å². The lowest BCUT2D eigenvalue weighted by molar-refractivity contribution is -0.136. The summed E-state index contributed by atoms with van der Waals surface area (Å²) in [6.07, 6.45) is 3.27. The summed E-state index contributed by atoms with van der Waals surface area (Å²) in [4.78, 5) is 60.7. The Bertz CT molecular complexity index is 866. The molecular weight excluding hydrogens is 378 g/mol. The third-order valence-corrected chi connectivity index (χ3v) is 5.14. The second kappa shape index (κ2) is 8.85. The molecular formula is C20H23N3O6. The minimum Gasteiger partial charge on any atom is -0.450 e. The zero-order chi connectivity index (χ0) is 21.0. The maximum atomic E-state index is 13.0. The van der Waals surface area contributed by atoms with Gasteiger partial charge in [-0.2, -0.15) is 0 Å². The first-order chi connectivity index (χ1) is 13.9. The highest BCUT2D eigenvalue weighted by molar-refractivity contribution is 6.24. The van der Waals surface area contributed by atoms with Crippen molar-refractivity contribution in [1.29, 1.82) is 0 Å². The second-order valence-electron chi connectivity index (χ2n) is 7.12. The molecule has 0 saturated carbocycles. The molecule has 3 rings (SSSR count). The smallest absolute Gasteiger partial charge is 0.404 e. The van der Waals surface area contributed by atoms with E-state index in [0.29, 0.717) is 24.0 Å². The standard InChI is InChI=1S/C20H23N3O6/c21-20(28)29-11-4-2-1-3-6-12-7-5-8-13-16(12)19(27)23(18(13)26)14-9-10-15(24)22-17(14)25/h5,7-8,14H,1-4,6,9-11H2,(H2,21,28)(H,22,24,25). The fourth-order valence-corrected chi connectivity index (χ4v) is 3.74. The van der Waals surface area contributed by atoms with Crippen molar-refractivity contribution in [3.63, 3.8) is 0 Å². The van der Waals surface area contributed by atoms with Gasteiger partial charge in [-0.15, -0.1) is 0 Å². The van der Waals surface area contributed by atoms with Crippen molar-refractivity contribution in [2.24, 2.45) is 5.73 Å². The van der Waals surface area contributed by atoms with Crippen LogP contribution in [0, 0.1) is 0 Å². The molecule has 0 spiro atoms. The summed E-state index contributed by atoms with van der Waals surface area (Å²) in [5.41, 5.74) is 6.31. The first-order valence-corrected chi connectivity index (χ1v) is 9.66. The SMILES string of the molecule is NC(=O)OCCCCCCc1cccc2c1C(=O)N(C1CCC(=O)NC1=O)C2=O. The molecule has 0 aromatic heterocycles. The van der Waals surface area contributed by atoms with Gasteiger partial charge in [-0.05, 0) is 37.3 Å². The van der Waals surface area contributed by atoms with Gasteiger partial charge in [-0.3, -0.25) is 29.4 Å². The van der Waals surface area contributed by atoms with Crippen molar-refractivity contribution in [2.45, 2.75) is 51.0 Å². The first kappa shape index (κ1) is 20.5. The normalized spacial score (nSPS) is 18.6. The number of hydrogen-bond acceptors (Lipinski definition) is 6. The monoisotopic (exact) mass is 401 g/mol. The van der Waals surface area contributed by atoms with Crippen LogP contribution in [0.5, 0.6) is 0 Å². The van der Waals surface area contributed by atoms with Gasteiger partial charge in [-0.1, -0.05) is 25.0 Å². The van der Waals surface area contributed by atoms with Crippen LogP contribution in [-0.2, 0) is 20.7 Å². The average molecular weight is 401 g/mol. The molecule has 1 fully saturated rings. The van der Waals surface area contributed by atoms with Crippen LogP contribution in [0.15, 0.2) is 18.2 Å². The summed E-state index contributed by atoms with van der Waals surface area (Å²) in [6.45, 7) is 0.282. The van der Waals surface area contributed by atoms with E-state index in [1.807, 2.05) is 6.07 Å². The van der Waals surface area contributed by atoms with E-state index in [4.69, 9.17) is 5.73 Å². The number of nitrogens with one attached hydrogen (secondary N) is 1.